The highest BCUT2D eigenvalue weighted by Gasteiger charge is 2.63. The average molecular weight is 501 g/mol. The maximum Gasteiger partial charge on any atom is 0.251 e. The molecule has 5 rings (SSSR count). The van der Waals surface area contributed by atoms with Crippen LogP contribution >= 0.6 is 0 Å². The van der Waals surface area contributed by atoms with Crippen molar-refractivity contribution in [2.24, 2.45) is 0 Å². The van der Waals surface area contributed by atoms with Gasteiger partial charge >= 0.3 is 0 Å². The molecule has 184 valence electrons. The Hall–Kier alpha value is -2.50. The molecule has 1 amide bonds. The van der Waals surface area contributed by atoms with Gasteiger partial charge in [0.15, 0.2) is 0 Å². The standard InChI is InChI=1S/C23H24F4N2O4S/c1-12(30)22(31)29-17-10-23(27,11-17)21(28-34(2,32)33)19(29)8-13-4-3-5-18(20(13)26)14-6-15(24)9-16(25)7-14/h3-7,9,12,17,19,21,28,30H,8,10-11H2,1-2H3/t12-,17?,19-,21+,23?/m1/s1. The van der Waals surface area contributed by atoms with E-state index in [2.05, 4.69) is 4.72 Å². The van der Waals surface area contributed by atoms with Gasteiger partial charge in [0.2, 0.25) is 10.0 Å². The lowest BCUT2D eigenvalue weighted by atomic mass is 9.64. The fraction of sp³-hybridized carbons (Fsp3) is 0.435. The van der Waals surface area contributed by atoms with E-state index in [1.54, 1.807) is 0 Å². The van der Waals surface area contributed by atoms with E-state index in [1.807, 2.05) is 0 Å². The van der Waals surface area contributed by atoms with Crippen molar-refractivity contribution in [2.75, 3.05) is 6.26 Å². The van der Waals surface area contributed by atoms with Crippen LogP contribution in [0.25, 0.3) is 11.1 Å². The summed E-state index contributed by atoms with van der Waals surface area (Å²) in [6.45, 7) is 1.24. The van der Waals surface area contributed by atoms with Gasteiger partial charge in [-0.05, 0) is 36.6 Å². The number of benzene rings is 2. The topological polar surface area (TPSA) is 86.7 Å². The molecule has 0 aromatic heterocycles. The number of nitrogens with one attached hydrogen (secondary N) is 1. The second-order valence-corrected chi connectivity index (χ2v) is 10.9. The normalized spacial score (nSPS) is 27.3. The van der Waals surface area contributed by atoms with E-state index in [1.165, 1.54) is 30.0 Å². The molecule has 0 unspecified atom stereocenters. The summed E-state index contributed by atoms with van der Waals surface area (Å²) in [7, 11) is -3.90. The largest absolute Gasteiger partial charge is 0.384 e. The van der Waals surface area contributed by atoms with E-state index in [-0.39, 0.29) is 36.0 Å². The number of halogens is 4. The Balaban J connectivity index is 1.76. The average Bonchev–Trinajstić information content (AvgIpc) is 2.68. The lowest BCUT2D eigenvalue weighted by Gasteiger charge is -2.61. The predicted molar refractivity (Wildman–Crippen MR) is 116 cm³/mol. The first-order chi connectivity index (χ1) is 15.8. The van der Waals surface area contributed by atoms with Crippen molar-refractivity contribution in [1.82, 2.24) is 9.62 Å². The number of aliphatic hydroxyl groups is 1. The van der Waals surface area contributed by atoms with Crippen molar-refractivity contribution in [1.29, 1.82) is 0 Å². The molecule has 2 aromatic rings. The summed E-state index contributed by atoms with van der Waals surface area (Å²) >= 11 is 0. The van der Waals surface area contributed by atoms with E-state index in [0.29, 0.717) is 6.07 Å². The maximum absolute atomic E-state index is 15.6. The zero-order valence-electron chi connectivity index (χ0n) is 18.4. The third kappa shape index (κ3) is 4.56. The van der Waals surface area contributed by atoms with Crippen LogP contribution in [-0.2, 0) is 21.2 Å². The van der Waals surface area contributed by atoms with Gasteiger partial charge in [-0.2, -0.15) is 0 Å². The van der Waals surface area contributed by atoms with Crippen molar-refractivity contribution >= 4 is 15.9 Å². The van der Waals surface area contributed by atoms with E-state index < -0.39 is 63.3 Å². The number of hydrogen-bond donors (Lipinski definition) is 2. The first-order valence-electron chi connectivity index (χ1n) is 10.7. The molecule has 11 heteroatoms. The highest BCUT2D eigenvalue weighted by atomic mass is 32.2. The molecule has 1 aliphatic carbocycles. The number of fused-ring (bicyclic) bond motifs is 2. The van der Waals surface area contributed by atoms with Crippen molar-refractivity contribution in [3.05, 3.63) is 59.4 Å². The third-order valence-corrected chi connectivity index (χ3v) is 7.16. The Labute approximate surface area is 194 Å². The number of carbonyl (C=O) groups is 1. The number of sulfonamides is 1. The molecule has 2 heterocycles. The lowest BCUT2D eigenvalue weighted by Crippen LogP contribution is -2.77. The highest BCUT2D eigenvalue weighted by molar-refractivity contribution is 7.88. The van der Waals surface area contributed by atoms with Crippen molar-refractivity contribution in [2.45, 2.75) is 56.1 Å². The van der Waals surface area contributed by atoms with Crippen molar-refractivity contribution in [3.63, 3.8) is 0 Å². The summed E-state index contributed by atoms with van der Waals surface area (Å²) in [5, 5.41) is 9.91. The number of piperidine rings is 2. The predicted octanol–water partition coefficient (Wildman–Crippen LogP) is 2.69. The minimum atomic E-state index is -3.90. The Bertz CT molecular complexity index is 1210. The molecule has 2 saturated heterocycles. The van der Waals surface area contributed by atoms with Crippen molar-refractivity contribution < 1.29 is 35.9 Å². The molecule has 3 fully saturated rings. The molecule has 3 aliphatic rings. The maximum atomic E-state index is 15.6. The van der Waals surface area contributed by atoms with Gasteiger partial charge in [0.1, 0.15) is 29.2 Å². The summed E-state index contributed by atoms with van der Waals surface area (Å²) in [4.78, 5) is 14.0. The molecule has 2 bridgehead atoms. The zero-order valence-corrected chi connectivity index (χ0v) is 19.3. The summed E-state index contributed by atoms with van der Waals surface area (Å²) in [5.74, 6) is -3.33. The number of alkyl halides is 1. The molecular weight excluding hydrogens is 476 g/mol. The smallest absolute Gasteiger partial charge is 0.251 e. The fourth-order valence-corrected chi connectivity index (χ4v) is 5.87. The summed E-state index contributed by atoms with van der Waals surface area (Å²) < 4.78 is 84.7. The SMILES string of the molecule is C[C@@H](O)C(=O)N1C2CC(F)(C2)[C@@H](NS(C)(=O)=O)[C@H]1Cc1cccc(-c2cc(F)cc(F)c2)c1F. The monoisotopic (exact) mass is 500 g/mol. The second-order valence-electron chi connectivity index (χ2n) is 9.09. The van der Waals surface area contributed by atoms with Crippen LogP contribution in [0.15, 0.2) is 36.4 Å². The molecule has 2 aromatic carbocycles. The molecule has 2 aliphatic heterocycles. The van der Waals surface area contributed by atoms with E-state index in [0.717, 1.165) is 18.4 Å². The van der Waals surface area contributed by atoms with Crippen LogP contribution in [0, 0.1) is 17.5 Å². The quantitative estimate of drug-likeness (QED) is 0.598. The molecule has 1 saturated carbocycles. The van der Waals surface area contributed by atoms with Crippen LogP contribution in [-0.4, -0.2) is 60.5 Å². The van der Waals surface area contributed by atoms with Gasteiger partial charge in [0.05, 0.1) is 18.3 Å². The van der Waals surface area contributed by atoms with Gasteiger partial charge in [0, 0.05) is 30.5 Å². The Morgan fingerprint density at radius 2 is 1.82 bits per heavy atom. The molecule has 0 radical (unpaired) electrons. The Morgan fingerprint density at radius 3 is 2.38 bits per heavy atom. The number of aliphatic hydroxyl groups excluding tert-OH is 1. The minimum Gasteiger partial charge on any atom is -0.384 e. The van der Waals surface area contributed by atoms with Crippen molar-refractivity contribution in [3.8, 4) is 11.1 Å². The third-order valence-electron chi connectivity index (χ3n) is 6.48. The van der Waals surface area contributed by atoms with Crippen LogP contribution in [0.4, 0.5) is 17.6 Å². The van der Waals surface area contributed by atoms with Gasteiger partial charge in [-0.25, -0.2) is 30.7 Å². The van der Waals surface area contributed by atoms with Gasteiger partial charge < -0.3 is 10.0 Å². The number of rotatable bonds is 6. The lowest BCUT2D eigenvalue weighted by molar-refractivity contribution is -0.174. The molecule has 2 N–H and O–H groups in total. The number of hydrogen-bond acceptors (Lipinski definition) is 4. The second kappa shape index (κ2) is 8.62. The first-order valence-corrected chi connectivity index (χ1v) is 12.6. The first kappa shape index (κ1) is 24.6. The van der Waals surface area contributed by atoms with Crippen LogP contribution in [0.1, 0.15) is 25.3 Å². The van der Waals surface area contributed by atoms with Gasteiger partial charge in [-0.1, -0.05) is 18.2 Å². The molecular formula is C23H24F4N2O4S. The van der Waals surface area contributed by atoms with Crippen LogP contribution < -0.4 is 4.72 Å². The van der Waals surface area contributed by atoms with Crippen LogP contribution in [0.2, 0.25) is 0 Å². The molecule has 34 heavy (non-hydrogen) atoms. The summed E-state index contributed by atoms with van der Waals surface area (Å²) in [6, 6.07) is 3.66. The van der Waals surface area contributed by atoms with E-state index >= 15 is 8.78 Å². The van der Waals surface area contributed by atoms with Gasteiger partial charge in [0.25, 0.3) is 5.91 Å². The van der Waals surface area contributed by atoms with Gasteiger partial charge in [-0.3, -0.25) is 4.79 Å². The minimum absolute atomic E-state index is 0.000707. The summed E-state index contributed by atoms with van der Waals surface area (Å²) in [6.07, 6.45) is -1.08. The van der Waals surface area contributed by atoms with E-state index in [9.17, 15) is 27.1 Å². The highest BCUT2D eigenvalue weighted by Crippen LogP contribution is 2.50. The number of nitrogens with zero attached hydrogens (tertiary/aromatic N) is 1. The number of carbonyl (C=O) groups excluding carboxylic acids is 1. The van der Waals surface area contributed by atoms with Crippen LogP contribution in [0.5, 0.6) is 0 Å². The zero-order chi connectivity index (χ0) is 25.0. The molecule has 0 spiro atoms. The summed E-state index contributed by atoms with van der Waals surface area (Å²) in [5.41, 5.74) is -2.09. The Kier molecular flexibility index (Phi) is 6.24. The Morgan fingerprint density at radius 1 is 1.21 bits per heavy atom. The number of amides is 1. The molecule has 6 nitrogen and oxygen atoms in total. The van der Waals surface area contributed by atoms with E-state index in [4.69, 9.17) is 0 Å². The van der Waals surface area contributed by atoms with Gasteiger partial charge in [-0.15, -0.1) is 0 Å². The fourth-order valence-electron chi connectivity index (χ4n) is 5.04. The molecule has 3 atom stereocenters. The van der Waals surface area contributed by atoms with Crippen LogP contribution in [0.3, 0.4) is 0 Å².